The lowest BCUT2D eigenvalue weighted by atomic mass is 10.1. The van der Waals surface area contributed by atoms with Crippen molar-refractivity contribution in [3.8, 4) is 0 Å². The molecule has 1 saturated carbocycles. The molecule has 0 atom stereocenters. The highest BCUT2D eigenvalue weighted by Crippen LogP contribution is 2.36. The highest BCUT2D eigenvalue weighted by molar-refractivity contribution is 9.10. The second-order valence-electron chi connectivity index (χ2n) is 4.27. The van der Waals surface area contributed by atoms with Crippen LogP contribution >= 0.6 is 27.5 Å². The molecule has 2 rings (SSSR count). The molecule has 0 heterocycles. The van der Waals surface area contributed by atoms with Gasteiger partial charge in [0.2, 0.25) is 5.91 Å². The molecule has 2 nitrogen and oxygen atoms in total. The fourth-order valence-electron chi connectivity index (χ4n) is 1.62. The molecule has 0 saturated heterocycles. The third-order valence-electron chi connectivity index (χ3n) is 2.77. The Bertz CT molecular complexity index is 404. The van der Waals surface area contributed by atoms with Gasteiger partial charge >= 0.3 is 0 Å². The third kappa shape index (κ3) is 2.98. The molecule has 0 aliphatic heterocycles. The Morgan fingerprint density at radius 2 is 2.25 bits per heavy atom. The van der Waals surface area contributed by atoms with E-state index in [0.717, 1.165) is 22.9 Å². The Morgan fingerprint density at radius 3 is 2.81 bits per heavy atom. The molecule has 1 aromatic carbocycles. The van der Waals surface area contributed by atoms with Gasteiger partial charge in [-0.1, -0.05) is 28.1 Å². The van der Waals surface area contributed by atoms with Gasteiger partial charge in [-0.05, 0) is 30.5 Å². The Hall–Kier alpha value is -0.540. The largest absolute Gasteiger partial charge is 0.349 e. The third-order valence-corrected chi connectivity index (χ3v) is 3.77. The highest BCUT2D eigenvalue weighted by Gasteiger charge is 2.42. The molecule has 4 heteroatoms. The summed E-state index contributed by atoms with van der Waals surface area (Å²) in [6.45, 7) is 0. The van der Waals surface area contributed by atoms with Crippen molar-refractivity contribution in [2.75, 3.05) is 5.88 Å². The van der Waals surface area contributed by atoms with Crippen molar-refractivity contribution >= 4 is 33.4 Å². The summed E-state index contributed by atoms with van der Waals surface area (Å²) in [6, 6.07) is 7.79. The quantitative estimate of drug-likeness (QED) is 0.851. The Kier molecular flexibility index (Phi) is 3.55. The second-order valence-corrected chi connectivity index (χ2v) is 5.45. The first-order chi connectivity index (χ1) is 7.63. The number of halogens is 2. The zero-order chi connectivity index (χ0) is 11.6. The van der Waals surface area contributed by atoms with Crippen LogP contribution in [0, 0.1) is 0 Å². The van der Waals surface area contributed by atoms with Crippen LogP contribution in [0.15, 0.2) is 28.7 Å². The maximum atomic E-state index is 11.8. The van der Waals surface area contributed by atoms with Gasteiger partial charge in [-0.2, -0.15) is 0 Å². The first-order valence-corrected chi connectivity index (χ1v) is 6.58. The van der Waals surface area contributed by atoms with E-state index in [2.05, 4.69) is 21.2 Å². The highest BCUT2D eigenvalue weighted by atomic mass is 79.9. The van der Waals surface area contributed by atoms with Gasteiger partial charge in [0.05, 0.1) is 12.0 Å². The van der Waals surface area contributed by atoms with Gasteiger partial charge in [0, 0.05) is 10.4 Å². The number of carbonyl (C=O) groups is 1. The zero-order valence-corrected chi connectivity index (χ0v) is 11.1. The normalized spacial score (nSPS) is 16.9. The van der Waals surface area contributed by atoms with E-state index < -0.39 is 0 Å². The van der Waals surface area contributed by atoms with Gasteiger partial charge in [0.1, 0.15) is 0 Å². The molecule has 0 aromatic heterocycles. The molecule has 1 aromatic rings. The predicted molar refractivity (Wildman–Crippen MR) is 68.7 cm³/mol. The van der Waals surface area contributed by atoms with E-state index in [9.17, 15) is 4.79 Å². The van der Waals surface area contributed by atoms with Crippen LogP contribution in [0.25, 0.3) is 0 Å². The Balaban J connectivity index is 1.92. The van der Waals surface area contributed by atoms with Gasteiger partial charge in [-0.3, -0.25) is 4.79 Å². The van der Waals surface area contributed by atoms with Crippen LogP contribution in [0.1, 0.15) is 18.4 Å². The first-order valence-electron chi connectivity index (χ1n) is 5.25. The molecular weight excluding hydrogens is 289 g/mol. The van der Waals surface area contributed by atoms with Crippen molar-refractivity contribution in [2.24, 2.45) is 0 Å². The fraction of sp³-hybridized carbons (Fsp3) is 0.417. The van der Waals surface area contributed by atoms with Gasteiger partial charge in [0.15, 0.2) is 0 Å². The molecule has 1 aliphatic carbocycles. The van der Waals surface area contributed by atoms with Crippen LogP contribution in [0.2, 0.25) is 0 Å². The fourth-order valence-corrected chi connectivity index (χ4v) is 2.40. The molecule has 86 valence electrons. The van der Waals surface area contributed by atoms with Gasteiger partial charge < -0.3 is 5.32 Å². The number of benzene rings is 1. The monoisotopic (exact) mass is 301 g/mol. The summed E-state index contributed by atoms with van der Waals surface area (Å²) in [4.78, 5) is 11.8. The molecule has 0 spiro atoms. The van der Waals surface area contributed by atoms with E-state index in [-0.39, 0.29) is 11.4 Å². The Labute approximate surface area is 108 Å². The van der Waals surface area contributed by atoms with Gasteiger partial charge in [-0.25, -0.2) is 0 Å². The topological polar surface area (TPSA) is 29.1 Å². The van der Waals surface area contributed by atoms with E-state index in [1.165, 1.54) is 0 Å². The maximum Gasteiger partial charge on any atom is 0.224 e. The molecule has 1 aliphatic rings. The summed E-state index contributed by atoms with van der Waals surface area (Å²) in [5.41, 5.74) is 0.905. The number of carbonyl (C=O) groups excluding carboxylic acids is 1. The van der Waals surface area contributed by atoms with Crippen LogP contribution in [0.4, 0.5) is 0 Å². The predicted octanol–water partition coefficient (Wildman–Crippen LogP) is 2.88. The van der Waals surface area contributed by atoms with Crippen molar-refractivity contribution in [3.05, 3.63) is 34.3 Å². The van der Waals surface area contributed by atoms with E-state index in [1.54, 1.807) is 0 Å². The summed E-state index contributed by atoms with van der Waals surface area (Å²) in [7, 11) is 0. The van der Waals surface area contributed by atoms with Crippen LogP contribution in [-0.4, -0.2) is 17.3 Å². The number of hydrogen-bond donors (Lipinski definition) is 1. The Morgan fingerprint density at radius 1 is 1.50 bits per heavy atom. The van der Waals surface area contributed by atoms with E-state index in [4.69, 9.17) is 11.6 Å². The first kappa shape index (κ1) is 11.9. The minimum atomic E-state index is -0.106. The van der Waals surface area contributed by atoms with Crippen LogP contribution in [0.5, 0.6) is 0 Å². The van der Waals surface area contributed by atoms with Crippen LogP contribution in [0.3, 0.4) is 0 Å². The molecule has 0 radical (unpaired) electrons. The van der Waals surface area contributed by atoms with Crippen molar-refractivity contribution in [2.45, 2.75) is 24.8 Å². The lowest BCUT2D eigenvalue weighted by Gasteiger charge is -2.13. The smallest absolute Gasteiger partial charge is 0.224 e. The van der Waals surface area contributed by atoms with E-state index in [1.807, 2.05) is 24.3 Å². The molecule has 0 unspecified atom stereocenters. The maximum absolute atomic E-state index is 11.8. The van der Waals surface area contributed by atoms with Gasteiger partial charge in [0.25, 0.3) is 0 Å². The minimum Gasteiger partial charge on any atom is -0.349 e. The number of hydrogen-bond acceptors (Lipinski definition) is 1. The summed E-state index contributed by atoms with van der Waals surface area (Å²) in [5, 5.41) is 3.00. The van der Waals surface area contributed by atoms with E-state index >= 15 is 0 Å². The minimum absolute atomic E-state index is 0.0521. The molecule has 0 bridgehead atoms. The molecule has 16 heavy (non-hydrogen) atoms. The van der Waals surface area contributed by atoms with Crippen molar-refractivity contribution < 1.29 is 4.79 Å². The summed E-state index contributed by atoms with van der Waals surface area (Å²) >= 11 is 9.19. The summed E-state index contributed by atoms with van der Waals surface area (Å²) < 4.78 is 0.997. The number of alkyl halides is 1. The molecule has 1 amide bonds. The summed E-state index contributed by atoms with van der Waals surface area (Å²) in [5.74, 6) is 0.563. The lowest BCUT2D eigenvalue weighted by Crippen LogP contribution is -2.39. The molecular formula is C12H13BrClNO. The van der Waals surface area contributed by atoms with Crippen molar-refractivity contribution in [1.82, 2.24) is 5.32 Å². The second kappa shape index (κ2) is 4.76. The zero-order valence-electron chi connectivity index (χ0n) is 8.80. The standard InChI is InChI=1S/C12H13BrClNO/c13-10-3-1-2-9(6-10)7-11(16)15-12(8-14)4-5-12/h1-3,6H,4-5,7-8H2,(H,15,16). The van der Waals surface area contributed by atoms with Crippen molar-refractivity contribution in [1.29, 1.82) is 0 Å². The van der Waals surface area contributed by atoms with E-state index in [0.29, 0.717) is 12.3 Å². The lowest BCUT2D eigenvalue weighted by molar-refractivity contribution is -0.121. The SMILES string of the molecule is O=C(Cc1cccc(Br)c1)NC1(CCl)CC1. The average molecular weight is 303 g/mol. The van der Waals surface area contributed by atoms with Gasteiger partial charge in [-0.15, -0.1) is 11.6 Å². The molecule has 1 fully saturated rings. The number of rotatable bonds is 4. The van der Waals surface area contributed by atoms with Crippen LogP contribution in [-0.2, 0) is 11.2 Å². The molecule has 1 N–H and O–H groups in total. The van der Waals surface area contributed by atoms with Crippen LogP contribution < -0.4 is 5.32 Å². The summed E-state index contributed by atoms with van der Waals surface area (Å²) in [6.07, 6.45) is 2.42. The number of nitrogens with one attached hydrogen (secondary N) is 1. The van der Waals surface area contributed by atoms with Crippen molar-refractivity contribution in [3.63, 3.8) is 0 Å². The average Bonchev–Trinajstić information content (AvgIpc) is 2.98. The number of amides is 1.